The summed E-state index contributed by atoms with van der Waals surface area (Å²) in [6, 6.07) is -0.850. The zero-order valence-corrected chi connectivity index (χ0v) is 13.2. The molecule has 0 bridgehead atoms. The summed E-state index contributed by atoms with van der Waals surface area (Å²) in [5, 5.41) is 9.17. The van der Waals surface area contributed by atoms with Crippen LogP contribution in [0.25, 0.3) is 0 Å². The van der Waals surface area contributed by atoms with Gasteiger partial charge in [0.2, 0.25) is 11.8 Å². The first-order valence-corrected chi connectivity index (χ1v) is 6.99. The molecular weight excluding hydrogens is 272 g/mol. The number of carbonyl (C=O) groups is 2. The first-order chi connectivity index (χ1) is 9.73. The van der Waals surface area contributed by atoms with Gasteiger partial charge < -0.3 is 20.9 Å². The number of aromatic nitrogens is 1. The molecule has 21 heavy (non-hydrogen) atoms. The minimum atomic E-state index is -0.613. The summed E-state index contributed by atoms with van der Waals surface area (Å²) in [6.45, 7) is 9.05. The Hall–Kier alpha value is -1.89. The molecule has 0 aromatic carbocycles. The van der Waals surface area contributed by atoms with Gasteiger partial charge in [-0.15, -0.1) is 0 Å². The van der Waals surface area contributed by atoms with Crippen LogP contribution in [0.1, 0.15) is 43.8 Å². The molecule has 1 rings (SSSR count). The van der Waals surface area contributed by atoms with E-state index in [1.807, 2.05) is 27.7 Å². The highest BCUT2D eigenvalue weighted by Gasteiger charge is 2.20. The van der Waals surface area contributed by atoms with Crippen LogP contribution in [0.5, 0.6) is 0 Å². The maximum atomic E-state index is 11.9. The second kappa shape index (κ2) is 7.21. The van der Waals surface area contributed by atoms with E-state index in [4.69, 9.17) is 10.3 Å². The van der Waals surface area contributed by atoms with E-state index in [-0.39, 0.29) is 30.3 Å². The van der Waals surface area contributed by atoms with Gasteiger partial charge in [0.1, 0.15) is 5.76 Å². The molecule has 0 spiro atoms. The molecular formula is C14H24N4O3. The molecule has 1 unspecified atom stereocenters. The predicted molar refractivity (Wildman–Crippen MR) is 78.4 cm³/mol. The standard InChI is InChI=1S/C14H24N4O3/c1-7(2)13(15)14(20)16-6-11(19)17-8(3)12-9(4)18-21-10(12)5/h7-8,13H,6,15H2,1-5H3,(H,16,20)(H,17,19)/t8?,13-/m0/s1. The normalized spacial score (nSPS) is 13.9. The number of aryl methyl sites for hydroxylation is 2. The Morgan fingerprint density at radius 3 is 2.38 bits per heavy atom. The van der Waals surface area contributed by atoms with Gasteiger partial charge in [-0.1, -0.05) is 19.0 Å². The third kappa shape index (κ3) is 4.56. The van der Waals surface area contributed by atoms with Crippen LogP contribution in [0, 0.1) is 19.8 Å². The molecule has 0 aliphatic carbocycles. The SMILES string of the molecule is Cc1noc(C)c1C(C)NC(=O)CNC(=O)[C@@H](N)C(C)C. The largest absolute Gasteiger partial charge is 0.361 e. The minimum Gasteiger partial charge on any atom is -0.361 e. The van der Waals surface area contributed by atoms with Gasteiger partial charge in [-0.05, 0) is 26.7 Å². The molecule has 1 heterocycles. The maximum absolute atomic E-state index is 11.9. The van der Waals surface area contributed by atoms with Gasteiger partial charge in [-0.2, -0.15) is 0 Å². The number of rotatable bonds is 6. The third-order valence-corrected chi connectivity index (χ3v) is 3.34. The molecule has 7 heteroatoms. The van der Waals surface area contributed by atoms with Crippen molar-refractivity contribution in [2.75, 3.05) is 6.54 Å². The molecule has 0 aliphatic rings. The van der Waals surface area contributed by atoms with Crippen LogP contribution in [-0.4, -0.2) is 29.6 Å². The molecule has 1 aromatic rings. The topological polar surface area (TPSA) is 110 Å². The highest BCUT2D eigenvalue weighted by Crippen LogP contribution is 2.20. The van der Waals surface area contributed by atoms with Gasteiger partial charge in [0.05, 0.1) is 24.3 Å². The number of nitrogens with zero attached hydrogens (tertiary/aromatic N) is 1. The van der Waals surface area contributed by atoms with E-state index in [1.165, 1.54) is 0 Å². The minimum absolute atomic E-state index is 0.0225. The predicted octanol–water partition coefficient (Wildman–Crippen LogP) is 0.568. The summed E-state index contributed by atoms with van der Waals surface area (Å²) >= 11 is 0. The zero-order valence-electron chi connectivity index (χ0n) is 13.2. The molecule has 118 valence electrons. The average molecular weight is 296 g/mol. The van der Waals surface area contributed by atoms with Crippen molar-refractivity contribution in [3.63, 3.8) is 0 Å². The van der Waals surface area contributed by atoms with Gasteiger partial charge in [0, 0.05) is 5.56 Å². The molecule has 0 saturated carbocycles. The lowest BCUT2D eigenvalue weighted by molar-refractivity contribution is -0.127. The Bertz CT molecular complexity index is 491. The maximum Gasteiger partial charge on any atom is 0.239 e. The Labute approximate surface area is 124 Å². The lowest BCUT2D eigenvalue weighted by Gasteiger charge is -2.17. The molecule has 2 amide bonds. The lowest BCUT2D eigenvalue weighted by Crippen LogP contribution is -2.47. The quantitative estimate of drug-likeness (QED) is 0.710. The molecule has 2 atom stereocenters. The Kier molecular flexibility index (Phi) is 5.90. The van der Waals surface area contributed by atoms with Crippen LogP contribution in [0.15, 0.2) is 4.52 Å². The van der Waals surface area contributed by atoms with Crippen molar-refractivity contribution in [1.82, 2.24) is 15.8 Å². The summed E-state index contributed by atoms with van der Waals surface area (Å²) in [4.78, 5) is 23.5. The summed E-state index contributed by atoms with van der Waals surface area (Å²) in [6.07, 6.45) is 0. The first-order valence-electron chi connectivity index (χ1n) is 6.99. The Morgan fingerprint density at radius 2 is 1.90 bits per heavy atom. The number of hydrogen-bond donors (Lipinski definition) is 3. The molecule has 0 radical (unpaired) electrons. The average Bonchev–Trinajstić information content (AvgIpc) is 2.74. The van der Waals surface area contributed by atoms with Crippen molar-refractivity contribution in [3.05, 3.63) is 17.0 Å². The van der Waals surface area contributed by atoms with Crippen LogP contribution in [0.3, 0.4) is 0 Å². The van der Waals surface area contributed by atoms with Gasteiger partial charge in [-0.3, -0.25) is 9.59 Å². The van der Waals surface area contributed by atoms with E-state index in [2.05, 4.69) is 15.8 Å². The number of nitrogens with two attached hydrogens (primary N) is 1. The van der Waals surface area contributed by atoms with E-state index in [1.54, 1.807) is 6.92 Å². The Morgan fingerprint density at radius 1 is 1.29 bits per heavy atom. The number of hydrogen-bond acceptors (Lipinski definition) is 5. The highest BCUT2D eigenvalue weighted by atomic mass is 16.5. The van der Waals surface area contributed by atoms with E-state index in [0.717, 1.165) is 11.3 Å². The van der Waals surface area contributed by atoms with Gasteiger partial charge in [0.15, 0.2) is 0 Å². The fourth-order valence-electron chi connectivity index (χ4n) is 2.06. The lowest BCUT2D eigenvalue weighted by atomic mass is 10.1. The molecule has 4 N–H and O–H groups in total. The molecule has 0 fully saturated rings. The molecule has 0 aliphatic heterocycles. The monoisotopic (exact) mass is 296 g/mol. The highest BCUT2D eigenvalue weighted by molar-refractivity contribution is 5.87. The number of nitrogens with one attached hydrogen (secondary N) is 2. The van der Waals surface area contributed by atoms with Crippen LogP contribution >= 0.6 is 0 Å². The Balaban J connectivity index is 2.49. The zero-order chi connectivity index (χ0) is 16.2. The molecule has 1 aromatic heterocycles. The second-order valence-electron chi connectivity index (χ2n) is 5.51. The van der Waals surface area contributed by atoms with Gasteiger partial charge >= 0.3 is 0 Å². The molecule has 0 saturated heterocycles. The number of amides is 2. The van der Waals surface area contributed by atoms with Crippen molar-refractivity contribution in [1.29, 1.82) is 0 Å². The fourth-order valence-corrected chi connectivity index (χ4v) is 2.06. The van der Waals surface area contributed by atoms with Crippen molar-refractivity contribution >= 4 is 11.8 Å². The second-order valence-corrected chi connectivity index (χ2v) is 5.51. The number of carbonyl (C=O) groups excluding carboxylic acids is 2. The third-order valence-electron chi connectivity index (χ3n) is 3.34. The summed E-state index contributed by atoms with van der Waals surface area (Å²) < 4.78 is 5.07. The van der Waals surface area contributed by atoms with Crippen LogP contribution < -0.4 is 16.4 Å². The summed E-state index contributed by atoms with van der Waals surface area (Å²) in [7, 11) is 0. The van der Waals surface area contributed by atoms with E-state index in [9.17, 15) is 9.59 Å². The van der Waals surface area contributed by atoms with Crippen LogP contribution in [-0.2, 0) is 9.59 Å². The van der Waals surface area contributed by atoms with E-state index in [0.29, 0.717) is 5.76 Å². The van der Waals surface area contributed by atoms with Crippen molar-refractivity contribution in [2.24, 2.45) is 11.7 Å². The summed E-state index contributed by atoms with van der Waals surface area (Å²) in [5.41, 5.74) is 7.30. The van der Waals surface area contributed by atoms with Crippen molar-refractivity contribution < 1.29 is 14.1 Å². The summed E-state index contributed by atoms with van der Waals surface area (Å²) in [5.74, 6) is 0.0809. The van der Waals surface area contributed by atoms with E-state index < -0.39 is 6.04 Å². The van der Waals surface area contributed by atoms with Crippen molar-refractivity contribution in [2.45, 2.75) is 46.7 Å². The van der Waals surface area contributed by atoms with Crippen LogP contribution in [0.2, 0.25) is 0 Å². The molecule has 7 nitrogen and oxygen atoms in total. The van der Waals surface area contributed by atoms with E-state index >= 15 is 0 Å². The smallest absolute Gasteiger partial charge is 0.239 e. The fraction of sp³-hybridized carbons (Fsp3) is 0.643. The van der Waals surface area contributed by atoms with Gasteiger partial charge in [-0.25, -0.2) is 0 Å². The first kappa shape index (κ1) is 17.2. The van der Waals surface area contributed by atoms with Crippen molar-refractivity contribution in [3.8, 4) is 0 Å². The van der Waals surface area contributed by atoms with Gasteiger partial charge in [0.25, 0.3) is 0 Å². The van der Waals surface area contributed by atoms with Crippen LogP contribution in [0.4, 0.5) is 0 Å².